The fourth-order valence-electron chi connectivity index (χ4n) is 5.48. The number of aryl methyl sites for hydroxylation is 1. The smallest absolute Gasteiger partial charge is 0.250 e. The van der Waals surface area contributed by atoms with Gasteiger partial charge in [-0.15, -0.1) is 0 Å². The fourth-order valence-corrected chi connectivity index (χ4v) is 6.28. The largest absolute Gasteiger partial charge is 0.459 e. The van der Waals surface area contributed by atoms with Gasteiger partial charge < -0.3 is 9.32 Å². The number of aromatic nitrogens is 2. The molecule has 0 bridgehead atoms. The minimum Gasteiger partial charge on any atom is -0.459 e. The van der Waals surface area contributed by atoms with Gasteiger partial charge in [0.25, 0.3) is 0 Å². The van der Waals surface area contributed by atoms with E-state index in [0.29, 0.717) is 42.8 Å². The van der Waals surface area contributed by atoms with E-state index < -0.39 is 10.0 Å². The number of hydrogen-bond acceptors (Lipinski definition) is 7. The third kappa shape index (κ3) is 5.57. The van der Waals surface area contributed by atoms with E-state index in [9.17, 15) is 8.42 Å². The maximum atomic E-state index is 12.0. The van der Waals surface area contributed by atoms with Crippen molar-refractivity contribution in [3.63, 3.8) is 0 Å². The Labute approximate surface area is 208 Å². The summed E-state index contributed by atoms with van der Waals surface area (Å²) in [4.78, 5) is 16.4. The minimum absolute atomic E-state index is 0.334. The Morgan fingerprint density at radius 2 is 2.00 bits per heavy atom. The van der Waals surface area contributed by atoms with Gasteiger partial charge >= 0.3 is 0 Å². The van der Waals surface area contributed by atoms with Crippen LogP contribution in [0.15, 0.2) is 33.8 Å². The number of aliphatic imine (C=N–C) groups is 1. The summed E-state index contributed by atoms with van der Waals surface area (Å²) >= 11 is 0. The number of furan rings is 1. The van der Waals surface area contributed by atoms with Gasteiger partial charge in [-0.05, 0) is 88.7 Å². The summed E-state index contributed by atoms with van der Waals surface area (Å²) in [5.74, 6) is 3.31. The van der Waals surface area contributed by atoms with Crippen molar-refractivity contribution < 1.29 is 12.8 Å². The summed E-state index contributed by atoms with van der Waals surface area (Å²) in [7, 11) is -1.01. The van der Waals surface area contributed by atoms with Crippen molar-refractivity contribution in [1.82, 2.24) is 19.2 Å². The standard InChI is InChI=1S/C26H35N5O3S/c1-18-16-27-26(28-22-8-6-20(7-9-22)19-5-4-12-30(2)13-10-19)29-25(18)24-15-21-17-31(35(3,32)33)14-11-23(21)34-24/h6,8,15-16,19-20H,4-5,7,9-14,17H2,1-3H3. The molecule has 9 heteroatoms. The Morgan fingerprint density at radius 1 is 1.14 bits per heavy atom. The van der Waals surface area contributed by atoms with Crippen LogP contribution in [0.3, 0.4) is 0 Å². The Hall–Kier alpha value is -2.36. The lowest BCUT2D eigenvalue weighted by atomic mass is 9.80. The Morgan fingerprint density at radius 3 is 2.77 bits per heavy atom. The maximum Gasteiger partial charge on any atom is 0.250 e. The molecule has 2 aromatic rings. The van der Waals surface area contributed by atoms with E-state index in [-0.39, 0.29) is 0 Å². The molecular weight excluding hydrogens is 462 g/mol. The molecule has 188 valence electrons. The van der Waals surface area contributed by atoms with Gasteiger partial charge in [0.2, 0.25) is 16.0 Å². The molecule has 2 aromatic heterocycles. The lowest BCUT2D eigenvalue weighted by molar-refractivity contribution is 0.313. The van der Waals surface area contributed by atoms with Crippen molar-refractivity contribution in [3.8, 4) is 11.5 Å². The number of fused-ring (bicyclic) bond motifs is 1. The first kappa shape index (κ1) is 24.3. The summed E-state index contributed by atoms with van der Waals surface area (Å²) in [5, 5.41) is 0. The van der Waals surface area contributed by atoms with Gasteiger partial charge in [0.1, 0.15) is 11.5 Å². The molecule has 1 aliphatic carbocycles. The molecule has 0 saturated carbocycles. The van der Waals surface area contributed by atoms with Crippen LogP contribution in [0.1, 0.15) is 49.0 Å². The third-order valence-corrected chi connectivity index (χ3v) is 8.86. The van der Waals surface area contributed by atoms with Crippen LogP contribution in [-0.4, -0.2) is 66.2 Å². The van der Waals surface area contributed by atoms with Gasteiger partial charge in [-0.3, -0.25) is 0 Å². The van der Waals surface area contributed by atoms with Crippen LogP contribution in [0.4, 0.5) is 5.95 Å². The zero-order chi connectivity index (χ0) is 24.6. The second kappa shape index (κ2) is 9.95. The van der Waals surface area contributed by atoms with Gasteiger partial charge in [-0.1, -0.05) is 6.08 Å². The average Bonchev–Trinajstić information content (AvgIpc) is 3.14. The number of nitrogens with zero attached hydrogens (tertiary/aromatic N) is 5. The summed E-state index contributed by atoms with van der Waals surface area (Å²) < 4.78 is 31.5. The molecule has 3 aliphatic rings. The van der Waals surface area contributed by atoms with E-state index in [1.54, 1.807) is 6.20 Å². The molecule has 8 nitrogen and oxygen atoms in total. The molecule has 35 heavy (non-hydrogen) atoms. The lowest BCUT2D eigenvalue weighted by Gasteiger charge is -2.26. The molecule has 2 atom stereocenters. The Kier molecular flexibility index (Phi) is 6.92. The van der Waals surface area contributed by atoms with Gasteiger partial charge in [-0.25, -0.2) is 23.4 Å². The molecule has 4 heterocycles. The number of rotatable bonds is 4. The maximum absolute atomic E-state index is 12.0. The highest BCUT2D eigenvalue weighted by atomic mass is 32.2. The van der Waals surface area contributed by atoms with E-state index >= 15 is 0 Å². The summed E-state index contributed by atoms with van der Waals surface area (Å²) in [6, 6.07) is 1.91. The van der Waals surface area contributed by atoms with Crippen molar-refractivity contribution in [1.29, 1.82) is 0 Å². The van der Waals surface area contributed by atoms with Crippen LogP contribution in [0.25, 0.3) is 11.5 Å². The van der Waals surface area contributed by atoms with Gasteiger partial charge in [-0.2, -0.15) is 4.31 Å². The fraction of sp³-hybridized carbons (Fsp3) is 0.577. The molecular formula is C26H35N5O3S. The van der Waals surface area contributed by atoms with E-state index in [2.05, 4.69) is 29.1 Å². The molecule has 0 spiro atoms. The lowest BCUT2D eigenvalue weighted by Crippen LogP contribution is -2.34. The van der Waals surface area contributed by atoms with Crippen molar-refractivity contribution >= 4 is 21.7 Å². The van der Waals surface area contributed by atoms with Gasteiger partial charge in [0, 0.05) is 37.0 Å². The highest BCUT2D eigenvalue weighted by Gasteiger charge is 2.27. The van der Waals surface area contributed by atoms with E-state index in [1.807, 2.05) is 13.0 Å². The molecule has 0 amide bonds. The van der Waals surface area contributed by atoms with Crippen molar-refractivity contribution in [2.45, 2.75) is 52.0 Å². The molecule has 2 aliphatic heterocycles. The molecule has 2 unspecified atom stereocenters. The number of allylic oxidation sites excluding steroid dienone is 2. The Bertz CT molecular complexity index is 1250. The normalized spacial score (nSPS) is 25.5. The second-order valence-electron chi connectivity index (χ2n) is 10.3. The van der Waals surface area contributed by atoms with Crippen LogP contribution in [0.5, 0.6) is 0 Å². The first-order valence-corrected chi connectivity index (χ1v) is 14.5. The highest BCUT2D eigenvalue weighted by Crippen LogP contribution is 2.33. The monoisotopic (exact) mass is 497 g/mol. The van der Waals surface area contributed by atoms with Crippen molar-refractivity contribution in [3.05, 3.63) is 41.3 Å². The first-order valence-electron chi connectivity index (χ1n) is 12.6. The van der Waals surface area contributed by atoms with Crippen LogP contribution in [0.2, 0.25) is 0 Å². The average molecular weight is 498 g/mol. The summed E-state index contributed by atoms with van der Waals surface area (Å²) in [6.07, 6.45) is 14.0. The first-order chi connectivity index (χ1) is 16.8. The SMILES string of the molecule is Cc1cnc(N=C2C=CC(C3CCCN(C)CC3)CC2)nc1-c1cc2c(o1)CCN(S(C)(=O)=O)C2. The van der Waals surface area contributed by atoms with E-state index in [0.717, 1.165) is 41.4 Å². The molecule has 5 rings (SSSR count). The highest BCUT2D eigenvalue weighted by molar-refractivity contribution is 7.88. The molecule has 0 N–H and O–H groups in total. The van der Waals surface area contributed by atoms with Gasteiger partial charge in [0.05, 0.1) is 6.26 Å². The summed E-state index contributed by atoms with van der Waals surface area (Å²) in [6.45, 7) is 5.12. The predicted octanol–water partition coefficient (Wildman–Crippen LogP) is 4.13. The quantitative estimate of drug-likeness (QED) is 0.631. The second-order valence-corrected chi connectivity index (χ2v) is 12.2. The van der Waals surface area contributed by atoms with E-state index in [1.165, 1.54) is 42.9 Å². The van der Waals surface area contributed by atoms with Crippen LogP contribution < -0.4 is 0 Å². The third-order valence-electron chi connectivity index (χ3n) is 7.61. The topological polar surface area (TPSA) is 91.9 Å². The van der Waals surface area contributed by atoms with Gasteiger partial charge in [0.15, 0.2) is 5.76 Å². The zero-order valence-electron chi connectivity index (χ0n) is 20.9. The number of hydrogen-bond donors (Lipinski definition) is 0. The van der Waals surface area contributed by atoms with Crippen LogP contribution in [-0.2, 0) is 23.0 Å². The van der Waals surface area contributed by atoms with Crippen molar-refractivity contribution in [2.24, 2.45) is 16.8 Å². The zero-order valence-corrected chi connectivity index (χ0v) is 21.7. The minimum atomic E-state index is -3.23. The predicted molar refractivity (Wildman–Crippen MR) is 137 cm³/mol. The molecule has 1 fully saturated rings. The number of sulfonamides is 1. The number of likely N-dealkylation sites (tertiary alicyclic amines) is 1. The van der Waals surface area contributed by atoms with Crippen LogP contribution >= 0.6 is 0 Å². The van der Waals surface area contributed by atoms with Crippen LogP contribution in [0, 0.1) is 18.8 Å². The summed E-state index contributed by atoms with van der Waals surface area (Å²) in [5.41, 5.74) is 3.52. The van der Waals surface area contributed by atoms with Crippen molar-refractivity contribution in [2.75, 3.05) is 32.9 Å². The molecule has 1 saturated heterocycles. The molecule has 0 aromatic carbocycles. The Balaban J connectivity index is 1.32. The molecule has 0 radical (unpaired) electrons. The van der Waals surface area contributed by atoms with E-state index in [4.69, 9.17) is 14.4 Å².